The molecule has 102 valence electrons. The summed E-state index contributed by atoms with van der Waals surface area (Å²) in [5, 5.41) is 3.02. The van der Waals surface area contributed by atoms with Crippen molar-refractivity contribution in [2.24, 2.45) is 0 Å². The maximum Gasteiger partial charge on any atom is 0.340 e. The molecule has 1 heterocycles. The zero-order valence-corrected chi connectivity index (χ0v) is 11.6. The van der Waals surface area contributed by atoms with Crippen molar-refractivity contribution in [3.63, 3.8) is 0 Å². The van der Waals surface area contributed by atoms with Crippen LogP contribution in [0.2, 0.25) is 5.02 Å². The molecule has 0 bridgehead atoms. The molecule has 0 spiro atoms. The Morgan fingerprint density at radius 1 is 1.00 bits per heavy atom. The van der Waals surface area contributed by atoms with E-state index in [0.29, 0.717) is 5.02 Å². The number of anilines is 2. The van der Waals surface area contributed by atoms with Gasteiger partial charge in [-0.1, -0.05) is 23.7 Å². The van der Waals surface area contributed by atoms with Crippen LogP contribution in [-0.2, 0) is 10.0 Å². The van der Waals surface area contributed by atoms with E-state index in [9.17, 15) is 13.2 Å². The Labute approximate surface area is 120 Å². The maximum absolute atomic E-state index is 12.5. The fourth-order valence-corrected chi connectivity index (χ4v) is 3.63. The quantitative estimate of drug-likeness (QED) is 0.880. The molecular formula is C13H9ClN2O3S. The number of fused-ring (bicyclic) bond motifs is 1. The number of sulfonamides is 1. The van der Waals surface area contributed by atoms with Gasteiger partial charge in [-0.05, 0) is 36.4 Å². The lowest BCUT2D eigenvalue weighted by atomic mass is 10.3. The van der Waals surface area contributed by atoms with Gasteiger partial charge in [0.25, 0.3) is 10.0 Å². The van der Waals surface area contributed by atoms with Gasteiger partial charge in [0.2, 0.25) is 0 Å². The van der Waals surface area contributed by atoms with Gasteiger partial charge in [0.05, 0.1) is 11.4 Å². The number of rotatable bonds is 1. The van der Waals surface area contributed by atoms with Crippen molar-refractivity contribution >= 4 is 39.0 Å². The first-order valence-electron chi connectivity index (χ1n) is 5.71. The molecular weight excluding hydrogens is 300 g/mol. The number of nitrogens with one attached hydrogen (secondary N) is 1. The lowest BCUT2D eigenvalue weighted by Gasteiger charge is -2.28. The van der Waals surface area contributed by atoms with Gasteiger partial charge in [-0.25, -0.2) is 13.2 Å². The van der Waals surface area contributed by atoms with Gasteiger partial charge in [-0.15, -0.1) is 0 Å². The summed E-state index contributed by atoms with van der Waals surface area (Å²) in [7, 11) is -3.92. The SMILES string of the molecule is O=C1Nc2ccccc2S(=O)(=O)N1c1ccc(Cl)cc1. The first-order valence-corrected chi connectivity index (χ1v) is 7.53. The smallest absolute Gasteiger partial charge is 0.305 e. The van der Waals surface area contributed by atoms with Crippen LogP contribution in [0, 0.1) is 0 Å². The van der Waals surface area contributed by atoms with Gasteiger partial charge in [0.15, 0.2) is 0 Å². The minimum Gasteiger partial charge on any atom is -0.305 e. The lowest BCUT2D eigenvalue weighted by Crippen LogP contribution is -2.44. The van der Waals surface area contributed by atoms with Crippen LogP contribution < -0.4 is 9.62 Å². The number of hydrogen-bond donors (Lipinski definition) is 1. The zero-order chi connectivity index (χ0) is 14.3. The fourth-order valence-electron chi connectivity index (χ4n) is 2.00. The Morgan fingerprint density at radius 2 is 1.65 bits per heavy atom. The molecule has 1 N–H and O–H groups in total. The van der Waals surface area contributed by atoms with Crippen molar-refractivity contribution in [3.8, 4) is 0 Å². The molecule has 0 saturated heterocycles. The molecule has 2 amide bonds. The molecule has 20 heavy (non-hydrogen) atoms. The summed E-state index contributed by atoms with van der Waals surface area (Å²) in [6.45, 7) is 0. The fraction of sp³-hybridized carbons (Fsp3) is 0. The van der Waals surface area contributed by atoms with Crippen LogP contribution in [0.4, 0.5) is 16.2 Å². The van der Waals surface area contributed by atoms with E-state index >= 15 is 0 Å². The Kier molecular flexibility index (Phi) is 2.92. The molecule has 3 rings (SSSR count). The molecule has 7 heteroatoms. The van der Waals surface area contributed by atoms with E-state index in [1.807, 2.05) is 0 Å². The summed E-state index contributed by atoms with van der Waals surface area (Å²) in [4.78, 5) is 12.1. The summed E-state index contributed by atoms with van der Waals surface area (Å²) in [6.07, 6.45) is 0. The Hall–Kier alpha value is -2.05. The normalized spacial score (nSPS) is 16.4. The van der Waals surface area contributed by atoms with Gasteiger partial charge in [-0.3, -0.25) is 0 Å². The highest BCUT2D eigenvalue weighted by molar-refractivity contribution is 7.94. The summed E-state index contributed by atoms with van der Waals surface area (Å²) >= 11 is 5.77. The second-order valence-electron chi connectivity index (χ2n) is 4.17. The van der Waals surface area contributed by atoms with Crippen LogP contribution in [0.15, 0.2) is 53.4 Å². The molecule has 2 aromatic rings. The number of nitrogens with zero attached hydrogens (tertiary/aromatic N) is 1. The van der Waals surface area contributed by atoms with Gasteiger partial charge >= 0.3 is 6.03 Å². The van der Waals surface area contributed by atoms with Crippen LogP contribution in [0.1, 0.15) is 0 Å². The third-order valence-electron chi connectivity index (χ3n) is 2.89. The number of benzene rings is 2. The average Bonchev–Trinajstić information content (AvgIpc) is 2.40. The van der Waals surface area contributed by atoms with Crippen LogP contribution in [-0.4, -0.2) is 14.4 Å². The molecule has 1 aliphatic heterocycles. The maximum atomic E-state index is 12.5. The Morgan fingerprint density at radius 3 is 2.35 bits per heavy atom. The molecule has 0 radical (unpaired) electrons. The van der Waals surface area contributed by atoms with E-state index in [1.165, 1.54) is 30.3 Å². The third kappa shape index (κ3) is 1.93. The highest BCUT2D eigenvalue weighted by Gasteiger charge is 2.37. The van der Waals surface area contributed by atoms with E-state index in [2.05, 4.69) is 5.32 Å². The minimum absolute atomic E-state index is 0.0644. The first-order chi connectivity index (χ1) is 9.50. The van der Waals surface area contributed by atoms with Gasteiger partial charge in [-0.2, -0.15) is 4.31 Å². The van der Waals surface area contributed by atoms with Crippen LogP contribution in [0.3, 0.4) is 0 Å². The molecule has 1 aliphatic rings. The molecule has 0 fully saturated rings. The number of carbonyl (C=O) groups excluding carboxylic acids is 1. The second kappa shape index (κ2) is 4.50. The highest BCUT2D eigenvalue weighted by Crippen LogP contribution is 2.33. The number of amides is 2. The molecule has 2 aromatic carbocycles. The van der Waals surface area contributed by atoms with E-state index in [0.717, 1.165) is 4.31 Å². The Balaban J connectivity index is 2.18. The minimum atomic E-state index is -3.92. The third-order valence-corrected chi connectivity index (χ3v) is 4.91. The number of urea groups is 1. The van der Waals surface area contributed by atoms with E-state index < -0.39 is 16.1 Å². The predicted molar refractivity (Wildman–Crippen MR) is 76.6 cm³/mol. The molecule has 0 aliphatic carbocycles. The van der Waals surface area contributed by atoms with Crippen molar-refractivity contribution in [2.75, 3.05) is 9.62 Å². The average molecular weight is 309 g/mol. The molecule has 0 unspecified atom stereocenters. The predicted octanol–water partition coefficient (Wildman–Crippen LogP) is 3.08. The van der Waals surface area contributed by atoms with E-state index in [-0.39, 0.29) is 16.3 Å². The van der Waals surface area contributed by atoms with Crippen molar-refractivity contribution in [3.05, 3.63) is 53.6 Å². The topological polar surface area (TPSA) is 66.5 Å². The standard InChI is InChI=1S/C13H9ClN2O3S/c14-9-5-7-10(8-6-9)16-13(17)15-11-3-1-2-4-12(11)20(16,18)19/h1-8H,(H,15,17). The van der Waals surface area contributed by atoms with Crippen molar-refractivity contribution in [1.29, 1.82) is 0 Å². The highest BCUT2D eigenvalue weighted by atomic mass is 35.5. The monoisotopic (exact) mass is 308 g/mol. The van der Waals surface area contributed by atoms with Crippen LogP contribution in [0.25, 0.3) is 0 Å². The Bertz CT molecular complexity index is 788. The number of halogens is 1. The number of carbonyl (C=O) groups is 1. The summed E-state index contributed by atoms with van der Waals surface area (Å²) in [5.41, 5.74) is 0.518. The molecule has 0 aromatic heterocycles. The lowest BCUT2D eigenvalue weighted by molar-refractivity contribution is 0.259. The number of hydrogen-bond acceptors (Lipinski definition) is 3. The molecule has 5 nitrogen and oxygen atoms in total. The second-order valence-corrected chi connectivity index (χ2v) is 6.36. The van der Waals surface area contributed by atoms with Gasteiger partial charge in [0.1, 0.15) is 4.90 Å². The molecule has 0 saturated carbocycles. The number of para-hydroxylation sites is 1. The zero-order valence-electron chi connectivity index (χ0n) is 10.1. The molecule has 0 atom stereocenters. The van der Waals surface area contributed by atoms with Crippen molar-refractivity contribution in [1.82, 2.24) is 0 Å². The van der Waals surface area contributed by atoms with Gasteiger partial charge in [0, 0.05) is 5.02 Å². The van der Waals surface area contributed by atoms with Gasteiger partial charge < -0.3 is 5.32 Å². The van der Waals surface area contributed by atoms with Crippen LogP contribution in [0.5, 0.6) is 0 Å². The summed E-state index contributed by atoms with van der Waals surface area (Å²) in [5.74, 6) is 0. The largest absolute Gasteiger partial charge is 0.340 e. The summed E-state index contributed by atoms with van der Waals surface area (Å²) < 4.78 is 25.8. The van der Waals surface area contributed by atoms with Crippen molar-refractivity contribution < 1.29 is 13.2 Å². The van der Waals surface area contributed by atoms with E-state index in [1.54, 1.807) is 18.2 Å². The van der Waals surface area contributed by atoms with Crippen molar-refractivity contribution in [2.45, 2.75) is 4.90 Å². The summed E-state index contributed by atoms with van der Waals surface area (Å²) in [6, 6.07) is 11.6. The first kappa shape index (κ1) is 13.0. The van der Waals surface area contributed by atoms with E-state index in [4.69, 9.17) is 11.6 Å². The van der Waals surface area contributed by atoms with Crippen LogP contribution >= 0.6 is 11.6 Å².